The lowest BCUT2D eigenvalue weighted by Crippen LogP contribution is -2.09. The van der Waals surface area contributed by atoms with Crippen molar-refractivity contribution in [3.63, 3.8) is 0 Å². The molecule has 0 radical (unpaired) electrons. The monoisotopic (exact) mass is 206 g/mol. The minimum atomic E-state index is 0.418. The molecule has 3 nitrogen and oxygen atoms in total. The number of oxime groups is 1. The highest BCUT2D eigenvalue weighted by Crippen LogP contribution is 2.11. The lowest BCUT2D eigenvalue weighted by atomic mass is 10.1. The van der Waals surface area contributed by atoms with E-state index in [0.29, 0.717) is 11.6 Å². The van der Waals surface area contributed by atoms with Crippen molar-refractivity contribution < 1.29 is 4.84 Å². The normalized spacial score (nSPS) is 14.7. The first-order chi connectivity index (χ1) is 6.77. The number of rotatable bonds is 2. The van der Waals surface area contributed by atoms with Crippen LogP contribution in [0.25, 0.3) is 0 Å². The van der Waals surface area contributed by atoms with Gasteiger partial charge in [0.2, 0.25) is 0 Å². The fraction of sp³-hybridized carbons (Fsp3) is 0.200. The van der Waals surface area contributed by atoms with Gasteiger partial charge in [-0.3, -0.25) is 0 Å². The third-order valence-corrected chi connectivity index (χ3v) is 2.34. The Morgan fingerprint density at radius 1 is 1.36 bits per heavy atom. The summed E-state index contributed by atoms with van der Waals surface area (Å²) in [6, 6.07) is 7.72. The van der Waals surface area contributed by atoms with Gasteiger partial charge >= 0.3 is 0 Å². The lowest BCUT2D eigenvalue weighted by molar-refractivity contribution is 0.174. The summed E-state index contributed by atoms with van der Waals surface area (Å²) in [6.07, 6.45) is 0.867. The van der Waals surface area contributed by atoms with E-state index in [1.54, 1.807) is 0 Å². The molecule has 1 aromatic rings. The number of nitrogens with zero attached hydrogens (tertiary/aromatic N) is 1. The third kappa shape index (κ3) is 1.75. The molecule has 0 bridgehead atoms. The Morgan fingerprint density at radius 2 is 2.07 bits per heavy atom. The van der Waals surface area contributed by atoms with Gasteiger partial charge in [-0.25, -0.2) is 0 Å². The maximum Gasteiger partial charge on any atom is 0.122 e. The van der Waals surface area contributed by atoms with Crippen LogP contribution in [-0.4, -0.2) is 17.3 Å². The van der Waals surface area contributed by atoms with Gasteiger partial charge in [-0.2, -0.15) is 0 Å². The Balaban J connectivity index is 2.25. The highest BCUT2D eigenvalue weighted by molar-refractivity contribution is 7.80. The van der Waals surface area contributed by atoms with Gasteiger partial charge in [-0.1, -0.05) is 41.6 Å². The van der Waals surface area contributed by atoms with Crippen LogP contribution in [-0.2, 0) is 4.84 Å². The van der Waals surface area contributed by atoms with Crippen LogP contribution in [0.1, 0.15) is 17.5 Å². The molecule has 1 aliphatic heterocycles. The van der Waals surface area contributed by atoms with E-state index in [-0.39, 0.29) is 0 Å². The second-order valence-electron chi connectivity index (χ2n) is 3.06. The highest BCUT2D eigenvalue weighted by Gasteiger charge is 2.10. The summed E-state index contributed by atoms with van der Waals surface area (Å²) in [5.74, 6) is 0. The van der Waals surface area contributed by atoms with Crippen LogP contribution < -0.4 is 5.73 Å². The van der Waals surface area contributed by atoms with Gasteiger partial charge in [0, 0.05) is 12.0 Å². The second-order valence-corrected chi connectivity index (χ2v) is 3.50. The first-order valence-corrected chi connectivity index (χ1v) is 4.77. The average Bonchev–Trinajstić information content (AvgIpc) is 2.71. The largest absolute Gasteiger partial charge is 0.395 e. The van der Waals surface area contributed by atoms with Gasteiger partial charge in [0.05, 0.1) is 5.71 Å². The summed E-state index contributed by atoms with van der Waals surface area (Å²) in [5, 5.41) is 3.93. The van der Waals surface area contributed by atoms with Crippen LogP contribution in [0.4, 0.5) is 0 Å². The van der Waals surface area contributed by atoms with Gasteiger partial charge in [0.1, 0.15) is 11.6 Å². The summed E-state index contributed by atoms with van der Waals surface area (Å²) >= 11 is 4.86. The highest BCUT2D eigenvalue weighted by atomic mass is 32.1. The van der Waals surface area contributed by atoms with E-state index in [4.69, 9.17) is 22.8 Å². The molecule has 0 amide bonds. The quantitative estimate of drug-likeness (QED) is 0.745. The Kier molecular flexibility index (Phi) is 2.45. The van der Waals surface area contributed by atoms with Crippen LogP contribution in [0.2, 0.25) is 0 Å². The smallest absolute Gasteiger partial charge is 0.122 e. The molecular weight excluding hydrogens is 196 g/mol. The third-order valence-electron chi connectivity index (χ3n) is 2.11. The number of nitrogens with two attached hydrogens (primary N) is 1. The zero-order chi connectivity index (χ0) is 9.97. The van der Waals surface area contributed by atoms with Crippen molar-refractivity contribution >= 4 is 22.9 Å². The average molecular weight is 206 g/mol. The Bertz CT molecular complexity index is 384. The summed E-state index contributed by atoms with van der Waals surface area (Å²) < 4.78 is 0. The van der Waals surface area contributed by atoms with Crippen LogP contribution in [0.3, 0.4) is 0 Å². The molecule has 1 aliphatic rings. The number of thiocarbonyl (C=S) groups is 1. The standard InChI is InChI=1S/C10H10N2OS/c11-10(14)8-3-1-7(2-4-8)9-5-6-13-12-9/h1-4H,5-6H2,(H2,11,14). The Hall–Kier alpha value is -1.42. The Labute approximate surface area is 87.5 Å². The molecule has 2 rings (SSSR count). The summed E-state index contributed by atoms with van der Waals surface area (Å²) in [4.78, 5) is 5.34. The molecule has 1 heterocycles. The van der Waals surface area contributed by atoms with Crippen molar-refractivity contribution in [2.45, 2.75) is 6.42 Å². The first-order valence-electron chi connectivity index (χ1n) is 4.36. The maximum atomic E-state index is 5.49. The van der Waals surface area contributed by atoms with Crippen LogP contribution in [0, 0.1) is 0 Å². The topological polar surface area (TPSA) is 47.6 Å². The van der Waals surface area contributed by atoms with Crippen molar-refractivity contribution in [2.75, 3.05) is 6.61 Å². The van der Waals surface area contributed by atoms with Gasteiger partial charge in [0.15, 0.2) is 0 Å². The second kappa shape index (κ2) is 3.75. The van der Waals surface area contributed by atoms with E-state index in [2.05, 4.69) is 5.16 Å². The predicted molar refractivity (Wildman–Crippen MR) is 59.4 cm³/mol. The van der Waals surface area contributed by atoms with Crippen LogP contribution in [0.15, 0.2) is 29.4 Å². The lowest BCUT2D eigenvalue weighted by Gasteiger charge is -2.00. The molecule has 2 N–H and O–H groups in total. The maximum absolute atomic E-state index is 5.49. The van der Waals surface area contributed by atoms with E-state index in [9.17, 15) is 0 Å². The molecule has 0 aliphatic carbocycles. The van der Waals surface area contributed by atoms with Crippen molar-refractivity contribution in [3.8, 4) is 0 Å². The zero-order valence-corrected chi connectivity index (χ0v) is 8.38. The van der Waals surface area contributed by atoms with Gasteiger partial charge < -0.3 is 10.6 Å². The molecule has 72 valence electrons. The molecule has 0 spiro atoms. The van der Waals surface area contributed by atoms with E-state index < -0.39 is 0 Å². The molecule has 0 fully saturated rings. The van der Waals surface area contributed by atoms with Crippen LogP contribution in [0.5, 0.6) is 0 Å². The Morgan fingerprint density at radius 3 is 2.57 bits per heavy atom. The van der Waals surface area contributed by atoms with Crippen LogP contribution >= 0.6 is 12.2 Å². The minimum Gasteiger partial charge on any atom is -0.395 e. The molecular formula is C10H10N2OS. The molecule has 4 heteroatoms. The molecule has 0 saturated carbocycles. The summed E-state index contributed by atoms with van der Waals surface area (Å²) in [7, 11) is 0. The molecule has 0 aromatic heterocycles. The fourth-order valence-electron chi connectivity index (χ4n) is 1.34. The van der Waals surface area contributed by atoms with E-state index in [1.165, 1.54) is 0 Å². The molecule has 0 saturated heterocycles. The first kappa shape index (κ1) is 9.15. The van der Waals surface area contributed by atoms with Crippen molar-refractivity contribution in [2.24, 2.45) is 10.9 Å². The van der Waals surface area contributed by atoms with Crippen molar-refractivity contribution in [1.82, 2.24) is 0 Å². The minimum absolute atomic E-state index is 0.418. The number of benzene rings is 1. The molecule has 0 atom stereocenters. The van der Waals surface area contributed by atoms with E-state index >= 15 is 0 Å². The summed E-state index contributed by atoms with van der Waals surface area (Å²) in [6.45, 7) is 0.673. The van der Waals surface area contributed by atoms with E-state index in [0.717, 1.165) is 23.3 Å². The SMILES string of the molecule is NC(=S)c1ccc(C2=NOCC2)cc1. The predicted octanol–water partition coefficient (Wildman–Crippen LogP) is 1.45. The fourth-order valence-corrected chi connectivity index (χ4v) is 1.47. The number of hydrogen-bond acceptors (Lipinski definition) is 3. The van der Waals surface area contributed by atoms with Gasteiger partial charge in [0.25, 0.3) is 0 Å². The van der Waals surface area contributed by atoms with Gasteiger partial charge in [-0.15, -0.1) is 0 Å². The van der Waals surface area contributed by atoms with Gasteiger partial charge in [-0.05, 0) is 5.56 Å². The molecule has 0 unspecified atom stereocenters. The van der Waals surface area contributed by atoms with E-state index in [1.807, 2.05) is 24.3 Å². The van der Waals surface area contributed by atoms with Crippen molar-refractivity contribution in [1.29, 1.82) is 0 Å². The zero-order valence-electron chi connectivity index (χ0n) is 7.56. The number of hydrogen-bond donors (Lipinski definition) is 1. The van der Waals surface area contributed by atoms with Crippen molar-refractivity contribution in [3.05, 3.63) is 35.4 Å². The summed E-state index contributed by atoms with van der Waals surface area (Å²) in [5.41, 5.74) is 8.43. The molecule has 1 aromatic carbocycles. The molecule has 14 heavy (non-hydrogen) atoms.